The molecule has 1 fully saturated rings. The highest BCUT2D eigenvalue weighted by molar-refractivity contribution is 5.88. The zero-order valence-electron chi connectivity index (χ0n) is 15.3. The van der Waals surface area contributed by atoms with Crippen molar-refractivity contribution in [1.82, 2.24) is 15.2 Å². The van der Waals surface area contributed by atoms with Crippen molar-refractivity contribution in [3.05, 3.63) is 48.7 Å². The van der Waals surface area contributed by atoms with Crippen LogP contribution in [0.25, 0.3) is 0 Å². The van der Waals surface area contributed by atoms with E-state index < -0.39 is 0 Å². The van der Waals surface area contributed by atoms with Gasteiger partial charge in [0.15, 0.2) is 0 Å². The Kier molecular flexibility index (Phi) is 7.01. The van der Waals surface area contributed by atoms with Crippen LogP contribution in [0.1, 0.15) is 19.3 Å². The van der Waals surface area contributed by atoms with Gasteiger partial charge in [-0.05, 0) is 37.6 Å². The van der Waals surface area contributed by atoms with Crippen LogP contribution in [-0.2, 0) is 0 Å². The Balaban J connectivity index is 1.41. The number of likely N-dealkylation sites (tertiary alicyclic amines) is 1. The first-order valence-electron chi connectivity index (χ1n) is 9.33. The fourth-order valence-electron chi connectivity index (χ4n) is 3.17. The van der Waals surface area contributed by atoms with Crippen molar-refractivity contribution >= 4 is 11.7 Å². The molecule has 7 nitrogen and oxygen atoms in total. The Labute approximate surface area is 159 Å². The van der Waals surface area contributed by atoms with Crippen LogP contribution < -0.4 is 15.4 Å². The van der Waals surface area contributed by atoms with E-state index in [4.69, 9.17) is 4.74 Å². The molecule has 27 heavy (non-hydrogen) atoms. The minimum Gasteiger partial charge on any atom is -0.439 e. The molecule has 2 heterocycles. The normalized spacial score (nSPS) is 17.3. The molecule has 7 heteroatoms. The number of benzene rings is 1. The smallest absolute Gasteiger partial charge is 0.319 e. The number of carbonyl (C=O) groups is 1. The number of aromatic nitrogens is 1. The van der Waals surface area contributed by atoms with Gasteiger partial charge in [-0.25, -0.2) is 9.78 Å². The number of carbonyl (C=O) groups excluding carboxylic acids is 1. The first-order valence-corrected chi connectivity index (χ1v) is 9.33. The van der Waals surface area contributed by atoms with Gasteiger partial charge in [0.25, 0.3) is 0 Å². The van der Waals surface area contributed by atoms with Crippen molar-refractivity contribution < 1.29 is 14.6 Å². The van der Waals surface area contributed by atoms with Gasteiger partial charge in [-0.1, -0.05) is 24.6 Å². The summed E-state index contributed by atoms with van der Waals surface area (Å²) in [6.07, 6.45) is 4.88. The highest BCUT2D eigenvalue weighted by atomic mass is 16.5. The lowest BCUT2D eigenvalue weighted by atomic mass is 10.0. The average molecular weight is 370 g/mol. The number of piperidine rings is 1. The van der Waals surface area contributed by atoms with Crippen molar-refractivity contribution in [2.75, 3.05) is 31.6 Å². The summed E-state index contributed by atoms with van der Waals surface area (Å²) in [4.78, 5) is 18.5. The predicted molar refractivity (Wildman–Crippen MR) is 104 cm³/mol. The molecule has 144 valence electrons. The number of para-hydroxylation sites is 1. The van der Waals surface area contributed by atoms with E-state index in [-0.39, 0.29) is 18.7 Å². The lowest BCUT2D eigenvalue weighted by Gasteiger charge is -2.34. The van der Waals surface area contributed by atoms with Crippen LogP contribution in [0, 0.1) is 0 Å². The molecule has 1 atom stereocenters. The highest BCUT2D eigenvalue weighted by Crippen LogP contribution is 2.19. The molecule has 0 bridgehead atoms. The fraction of sp³-hybridized carbons (Fsp3) is 0.400. The minimum absolute atomic E-state index is 0.176. The summed E-state index contributed by atoms with van der Waals surface area (Å²) in [6, 6.07) is 12.8. The standard InChI is InChI=1S/C20H26N4O3/c25-15-17-6-4-5-12-24(17)13-11-21-20(26)23-16-9-10-19(22-14-16)27-18-7-2-1-3-8-18/h1-3,7-10,14,17,25H,4-6,11-13,15H2,(H2,21,23,26). The second-order valence-corrected chi connectivity index (χ2v) is 6.55. The molecular weight excluding hydrogens is 344 g/mol. The van der Waals surface area contributed by atoms with E-state index in [1.807, 2.05) is 30.3 Å². The van der Waals surface area contributed by atoms with Gasteiger partial charge < -0.3 is 20.5 Å². The van der Waals surface area contributed by atoms with Gasteiger partial charge in [-0.2, -0.15) is 0 Å². The second kappa shape index (κ2) is 9.89. The molecule has 0 aliphatic carbocycles. The molecule has 3 rings (SSSR count). The maximum Gasteiger partial charge on any atom is 0.319 e. The molecule has 2 amide bonds. The number of aliphatic hydroxyl groups excluding tert-OH is 1. The molecule has 0 spiro atoms. The van der Waals surface area contributed by atoms with Gasteiger partial charge in [0, 0.05) is 25.2 Å². The number of amides is 2. The van der Waals surface area contributed by atoms with Crippen molar-refractivity contribution in [1.29, 1.82) is 0 Å². The van der Waals surface area contributed by atoms with Crippen molar-refractivity contribution in [2.24, 2.45) is 0 Å². The van der Waals surface area contributed by atoms with Crippen LogP contribution in [0.3, 0.4) is 0 Å². The Bertz CT molecular complexity index is 709. The molecule has 1 aliphatic rings. The monoisotopic (exact) mass is 370 g/mol. The van der Waals surface area contributed by atoms with Crippen molar-refractivity contribution in [3.8, 4) is 11.6 Å². The molecule has 3 N–H and O–H groups in total. The number of nitrogens with one attached hydrogen (secondary N) is 2. The van der Waals surface area contributed by atoms with Crippen LogP contribution in [-0.4, -0.2) is 53.3 Å². The number of aliphatic hydroxyl groups is 1. The number of urea groups is 1. The minimum atomic E-state index is -0.272. The van der Waals surface area contributed by atoms with Gasteiger partial charge in [0.2, 0.25) is 5.88 Å². The third-order valence-corrected chi connectivity index (χ3v) is 4.60. The highest BCUT2D eigenvalue weighted by Gasteiger charge is 2.20. The van der Waals surface area contributed by atoms with E-state index in [9.17, 15) is 9.90 Å². The second-order valence-electron chi connectivity index (χ2n) is 6.55. The molecule has 1 aromatic heterocycles. The number of hydrogen-bond acceptors (Lipinski definition) is 5. The molecule has 1 unspecified atom stereocenters. The summed E-state index contributed by atoms with van der Waals surface area (Å²) in [5.74, 6) is 1.18. The Hall–Kier alpha value is -2.64. The SMILES string of the molecule is O=C(NCCN1CCCCC1CO)Nc1ccc(Oc2ccccc2)nc1. The van der Waals surface area contributed by atoms with E-state index in [1.165, 1.54) is 0 Å². The van der Waals surface area contributed by atoms with Gasteiger partial charge in [0.05, 0.1) is 18.5 Å². The molecule has 0 radical (unpaired) electrons. The van der Waals surface area contributed by atoms with E-state index in [2.05, 4.69) is 20.5 Å². The van der Waals surface area contributed by atoms with Crippen molar-refractivity contribution in [2.45, 2.75) is 25.3 Å². The number of rotatable bonds is 7. The molecule has 1 aromatic carbocycles. The van der Waals surface area contributed by atoms with Crippen molar-refractivity contribution in [3.63, 3.8) is 0 Å². The number of nitrogens with zero attached hydrogens (tertiary/aromatic N) is 2. The topological polar surface area (TPSA) is 86.7 Å². The summed E-state index contributed by atoms with van der Waals surface area (Å²) in [7, 11) is 0. The summed E-state index contributed by atoms with van der Waals surface area (Å²) < 4.78 is 5.63. The predicted octanol–water partition coefficient (Wildman–Crippen LogP) is 2.84. The molecule has 1 saturated heterocycles. The third kappa shape index (κ3) is 5.94. The van der Waals surface area contributed by atoms with Gasteiger partial charge >= 0.3 is 6.03 Å². The van der Waals surface area contributed by atoms with Crippen LogP contribution in [0.15, 0.2) is 48.7 Å². The summed E-state index contributed by atoms with van der Waals surface area (Å²) in [5, 5.41) is 15.0. The Morgan fingerprint density at radius 3 is 2.81 bits per heavy atom. The summed E-state index contributed by atoms with van der Waals surface area (Å²) in [6.45, 7) is 2.42. The van der Waals surface area contributed by atoms with E-state index in [1.54, 1.807) is 18.3 Å². The van der Waals surface area contributed by atoms with Crippen LogP contribution in [0.4, 0.5) is 10.5 Å². The lowest BCUT2D eigenvalue weighted by molar-refractivity contribution is 0.0917. The quantitative estimate of drug-likeness (QED) is 0.698. The maximum absolute atomic E-state index is 12.0. The summed E-state index contributed by atoms with van der Waals surface area (Å²) >= 11 is 0. The number of pyridine rings is 1. The first kappa shape index (κ1) is 19.1. The molecular formula is C20H26N4O3. The Morgan fingerprint density at radius 2 is 2.07 bits per heavy atom. The lowest BCUT2D eigenvalue weighted by Crippen LogP contribution is -2.46. The Morgan fingerprint density at radius 1 is 1.22 bits per heavy atom. The number of hydrogen-bond donors (Lipinski definition) is 3. The third-order valence-electron chi connectivity index (χ3n) is 4.60. The molecule has 0 saturated carbocycles. The van der Waals surface area contributed by atoms with Gasteiger partial charge in [-0.3, -0.25) is 4.90 Å². The fourth-order valence-corrected chi connectivity index (χ4v) is 3.17. The molecule has 2 aromatic rings. The maximum atomic E-state index is 12.0. The largest absolute Gasteiger partial charge is 0.439 e. The number of anilines is 1. The zero-order valence-corrected chi connectivity index (χ0v) is 15.3. The van der Waals surface area contributed by atoms with Gasteiger partial charge in [-0.15, -0.1) is 0 Å². The average Bonchev–Trinajstić information content (AvgIpc) is 2.71. The number of ether oxygens (including phenoxy) is 1. The molecule has 1 aliphatic heterocycles. The van der Waals surface area contributed by atoms with Crippen LogP contribution in [0.2, 0.25) is 0 Å². The van der Waals surface area contributed by atoms with E-state index in [0.717, 1.165) is 32.4 Å². The summed E-state index contributed by atoms with van der Waals surface area (Å²) in [5.41, 5.74) is 0.596. The van der Waals surface area contributed by atoms with E-state index >= 15 is 0 Å². The van der Waals surface area contributed by atoms with E-state index in [0.29, 0.717) is 23.9 Å². The first-order chi connectivity index (χ1) is 13.2. The van der Waals surface area contributed by atoms with Crippen LogP contribution >= 0.6 is 0 Å². The van der Waals surface area contributed by atoms with Gasteiger partial charge in [0.1, 0.15) is 5.75 Å². The van der Waals surface area contributed by atoms with Crippen LogP contribution in [0.5, 0.6) is 11.6 Å². The zero-order chi connectivity index (χ0) is 18.9.